The number of carbonyl (C=O) groups excluding carboxylic acids is 5. The molecule has 1 aliphatic heterocycles. The van der Waals surface area contributed by atoms with Gasteiger partial charge in [-0.05, 0) is 38.5 Å². The molecule has 0 aromatic rings. The molecule has 19 heteroatoms. The van der Waals surface area contributed by atoms with Gasteiger partial charge in [0.15, 0.2) is 5.96 Å². The standard InChI is InChI=1S/C26H45N9O10/c1-12(2)19(34-20(39)14(27)6-4-8-30-26(28)29)23(42)32-15(10-18(37)38)21(40)33-16(11-36)24(43)35-9-5-7-17(35)22(41)31-13(3)25(44)45/h12-17,19,36H,4-11,27H2,1-3H3,(H,31,41)(H,32,42)(H,33,40)(H,34,39)(H,37,38)(H,44,45)(H4,28,29,30)/t13-,14-,15-,16-,17-,19-/m0/s1. The molecule has 0 aliphatic carbocycles. The van der Waals surface area contributed by atoms with Gasteiger partial charge in [0.1, 0.15) is 30.2 Å². The van der Waals surface area contributed by atoms with Crippen molar-refractivity contribution in [3.05, 3.63) is 0 Å². The third-order valence-corrected chi connectivity index (χ3v) is 6.93. The van der Waals surface area contributed by atoms with E-state index in [9.17, 15) is 43.8 Å². The van der Waals surface area contributed by atoms with E-state index in [4.69, 9.17) is 22.3 Å². The molecule has 0 bridgehead atoms. The van der Waals surface area contributed by atoms with Crippen molar-refractivity contribution < 1.29 is 48.9 Å². The first kappa shape index (κ1) is 38.5. The minimum absolute atomic E-state index is 0.0756. The molecular formula is C26H45N9O10. The van der Waals surface area contributed by atoms with E-state index in [1.54, 1.807) is 13.8 Å². The number of aliphatic hydroxyl groups is 1. The highest BCUT2D eigenvalue weighted by molar-refractivity contribution is 5.97. The highest BCUT2D eigenvalue weighted by atomic mass is 16.4. The summed E-state index contributed by atoms with van der Waals surface area (Å²) in [5.74, 6) is -7.70. The van der Waals surface area contributed by atoms with Crippen LogP contribution in [0.15, 0.2) is 4.99 Å². The van der Waals surface area contributed by atoms with Gasteiger partial charge < -0.3 is 58.7 Å². The van der Waals surface area contributed by atoms with E-state index in [1.165, 1.54) is 6.92 Å². The molecule has 1 saturated heterocycles. The van der Waals surface area contributed by atoms with Crippen LogP contribution in [-0.4, -0.2) is 124 Å². The number of carboxylic acid groups (broad SMARTS) is 2. The van der Waals surface area contributed by atoms with Crippen molar-refractivity contribution in [1.29, 1.82) is 0 Å². The molecule has 45 heavy (non-hydrogen) atoms. The average molecular weight is 644 g/mol. The molecule has 1 fully saturated rings. The number of likely N-dealkylation sites (tertiary alicyclic amines) is 1. The van der Waals surface area contributed by atoms with Crippen LogP contribution in [0.1, 0.15) is 52.9 Å². The lowest BCUT2D eigenvalue weighted by molar-refractivity contribution is -0.145. The number of amides is 5. The number of carboxylic acids is 2. The van der Waals surface area contributed by atoms with Gasteiger partial charge in [-0.15, -0.1) is 0 Å². The van der Waals surface area contributed by atoms with Gasteiger partial charge in [-0.3, -0.25) is 38.6 Å². The summed E-state index contributed by atoms with van der Waals surface area (Å²) in [6.07, 6.45) is 0.247. The van der Waals surface area contributed by atoms with Gasteiger partial charge in [0.05, 0.1) is 19.1 Å². The third kappa shape index (κ3) is 12.5. The summed E-state index contributed by atoms with van der Waals surface area (Å²) in [6.45, 7) is 3.82. The SMILES string of the molecule is CC(C)[C@H](NC(=O)[C@@H](N)CCCN=C(N)N)C(=O)N[C@@H](CC(=O)O)C(=O)N[C@@H](CO)C(=O)N1CCC[C@H]1C(=O)N[C@@H](C)C(=O)O. The van der Waals surface area contributed by atoms with E-state index in [0.717, 1.165) is 4.90 Å². The fourth-order valence-electron chi connectivity index (χ4n) is 4.42. The van der Waals surface area contributed by atoms with Gasteiger partial charge in [-0.25, -0.2) is 0 Å². The van der Waals surface area contributed by atoms with Gasteiger partial charge >= 0.3 is 11.9 Å². The van der Waals surface area contributed by atoms with Gasteiger partial charge in [0.25, 0.3) is 0 Å². The summed E-state index contributed by atoms with van der Waals surface area (Å²) in [5, 5.41) is 37.6. The number of aliphatic hydroxyl groups excluding tert-OH is 1. The molecule has 0 radical (unpaired) electrons. The molecule has 0 saturated carbocycles. The maximum absolute atomic E-state index is 13.2. The van der Waals surface area contributed by atoms with Crippen LogP contribution < -0.4 is 38.5 Å². The molecule has 19 nitrogen and oxygen atoms in total. The first-order chi connectivity index (χ1) is 21.0. The molecule has 13 N–H and O–H groups in total. The first-order valence-electron chi connectivity index (χ1n) is 14.4. The van der Waals surface area contributed by atoms with E-state index < -0.39 is 96.7 Å². The number of nitrogens with zero attached hydrogens (tertiary/aromatic N) is 2. The molecule has 1 aliphatic rings. The Morgan fingerprint density at radius 3 is 2.07 bits per heavy atom. The summed E-state index contributed by atoms with van der Waals surface area (Å²) in [6, 6.07) is -7.88. The van der Waals surface area contributed by atoms with E-state index >= 15 is 0 Å². The van der Waals surface area contributed by atoms with Crippen LogP contribution in [0, 0.1) is 5.92 Å². The third-order valence-electron chi connectivity index (χ3n) is 6.93. The summed E-state index contributed by atoms with van der Waals surface area (Å²) >= 11 is 0. The molecule has 1 heterocycles. The summed E-state index contributed by atoms with van der Waals surface area (Å²) in [4.78, 5) is 92.2. The molecule has 5 amide bonds. The lowest BCUT2D eigenvalue weighted by atomic mass is 10.0. The van der Waals surface area contributed by atoms with Crippen LogP contribution in [0.5, 0.6) is 0 Å². The Labute approximate surface area is 259 Å². The highest BCUT2D eigenvalue weighted by Gasteiger charge is 2.39. The number of guanidine groups is 1. The molecule has 254 valence electrons. The Balaban J connectivity index is 2.98. The number of hydrogen-bond acceptors (Lipinski definition) is 10. The maximum Gasteiger partial charge on any atom is 0.325 e. The lowest BCUT2D eigenvalue weighted by Crippen LogP contribution is -2.60. The number of carbonyl (C=O) groups is 7. The molecular weight excluding hydrogens is 598 g/mol. The molecule has 0 aromatic carbocycles. The number of aliphatic carboxylic acids is 2. The largest absolute Gasteiger partial charge is 0.481 e. The summed E-state index contributed by atoms with van der Waals surface area (Å²) in [7, 11) is 0. The van der Waals surface area contributed by atoms with Crippen molar-refractivity contribution in [3.8, 4) is 0 Å². The van der Waals surface area contributed by atoms with Crippen LogP contribution in [0.2, 0.25) is 0 Å². The van der Waals surface area contributed by atoms with E-state index in [0.29, 0.717) is 12.8 Å². The van der Waals surface area contributed by atoms with Crippen molar-refractivity contribution >= 4 is 47.4 Å². The van der Waals surface area contributed by atoms with Gasteiger partial charge in [-0.2, -0.15) is 0 Å². The first-order valence-corrected chi connectivity index (χ1v) is 14.4. The second-order valence-corrected chi connectivity index (χ2v) is 10.9. The normalized spacial score (nSPS) is 17.6. The lowest BCUT2D eigenvalue weighted by Gasteiger charge is -2.29. The second kappa shape index (κ2) is 18.3. The maximum atomic E-state index is 13.2. The molecule has 1 rings (SSSR count). The van der Waals surface area contributed by atoms with Crippen LogP contribution in [-0.2, 0) is 33.6 Å². The molecule has 0 aromatic heterocycles. The minimum Gasteiger partial charge on any atom is -0.481 e. The minimum atomic E-state index is -1.72. The zero-order chi connectivity index (χ0) is 34.4. The Bertz CT molecular complexity index is 1130. The monoisotopic (exact) mass is 643 g/mol. The summed E-state index contributed by atoms with van der Waals surface area (Å²) in [5.41, 5.74) is 16.4. The van der Waals surface area contributed by atoms with E-state index in [1.807, 2.05) is 0 Å². The van der Waals surface area contributed by atoms with E-state index in [2.05, 4.69) is 26.3 Å². The molecule has 0 unspecified atom stereocenters. The van der Waals surface area contributed by atoms with E-state index in [-0.39, 0.29) is 31.9 Å². The van der Waals surface area contributed by atoms with Gasteiger partial charge in [0, 0.05) is 13.1 Å². The van der Waals surface area contributed by atoms with Crippen LogP contribution in [0.25, 0.3) is 0 Å². The smallest absolute Gasteiger partial charge is 0.325 e. The number of aliphatic imine (C=N–C) groups is 1. The molecule has 0 spiro atoms. The quantitative estimate of drug-likeness (QED) is 0.0383. The number of nitrogens with two attached hydrogens (primary N) is 3. The van der Waals surface area contributed by atoms with Crippen LogP contribution in [0.4, 0.5) is 0 Å². The predicted molar refractivity (Wildman–Crippen MR) is 158 cm³/mol. The Morgan fingerprint density at radius 1 is 0.911 bits per heavy atom. The van der Waals surface area contributed by atoms with Crippen LogP contribution >= 0.6 is 0 Å². The van der Waals surface area contributed by atoms with Crippen molar-refractivity contribution in [2.24, 2.45) is 28.1 Å². The molecule has 6 atom stereocenters. The highest BCUT2D eigenvalue weighted by Crippen LogP contribution is 2.19. The number of hydrogen-bond donors (Lipinski definition) is 10. The van der Waals surface area contributed by atoms with Gasteiger partial charge in [0.2, 0.25) is 29.5 Å². The number of nitrogens with one attached hydrogen (secondary N) is 4. The summed E-state index contributed by atoms with van der Waals surface area (Å²) < 4.78 is 0. The van der Waals surface area contributed by atoms with Crippen molar-refractivity contribution in [2.45, 2.75) is 89.1 Å². The Hall–Kier alpha value is -4.52. The fraction of sp³-hybridized carbons (Fsp3) is 0.692. The Kier molecular flexibility index (Phi) is 15.7. The Morgan fingerprint density at radius 2 is 1.53 bits per heavy atom. The van der Waals surface area contributed by atoms with Crippen molar-refractivity contribution in [2.75, 3.05) is 19.7 Å². The zero-order valence-corrected chi connectivity index (χ0v) is 25.5. The zero-order valence-electron chi connectivity index (χ0n) is 25.5. The van der Waals surface area contributed by atoms with Crippen molar-refractivity contribution in [3.63, 3.8) is 0 Å². The van der Waals surface area contributed by atoms with Gasteiger partial charge in [-0.1, -0.05) is 13.8 Å². The topological polar surface area (TPSA) is 322 Å². The van der Waals surface area contributed by atoms with Crippen molar-refractivity contribution in [1.82, 2.24) is 26.2 Å². The predicted octanol–water partition coefficient (Wildman–Crippen LogP) is -4.48. The second-order valence-electron chi connectivity index (χ2n) is 10.9. The fourth-order valence-corrected chi connectivity index (χ4v) is 4.42. The number of rotatable bonds is 18. The van der Waals surface area contributed by atoms with Crippen LogP contribution in [0.3, 0.4) is 0 Å². The average Bonchev–Trinajstić information content (AvgIpc) is 3.45.